The molecular weight excluding hydrogens is 284 g/mol. The van der Waals surface area contributed by atoms with Gasteiger partial charge < -0.3 is 4.74 Å². The standard InChI is InChI=1S/C16H16N2O2S/c1-5-6-7-14-18-12-9-8-11(10-13(12)21-14)17-15(19)20-16(2,3)4/h1,6-10H,2-4H3,(H,17,19). The predicted octanol–water partition coefficient (Wildman–Crippen LogP) is 4.29. The van der Waals surface area contributed by atoms with E-state index in [-0.39, 0.29) is 0 Å². The largest absolute Gasteiger partial charge is 0.444 e. The van der Waals surface area contributed by atoms with Crippen molar-refractivity contribution in [3.8, 4) is 12.3 Å². The fourth-order valence-corrected chi connectivity index (χ4v) is 2.54. The Morgan fingerprint density at radius 2 is 2.24 bits per heavy atom. The molecule has 1 N–H and O–H groups in total. The minimum absolute atomic E-state index is 0.473. The highest BCUT2D eigenvalue weighted by Gasteiger charge is 2.16. The van der Waals surface area contributed by atoms with Gasteiger partial charge in [0.15, 0.2) is 0 Å². The lowest BCUT2D eigenvalue weighted by molar-refractivity contribution is 0.0636. The SMILES string of the molecule is C#CC=Cc1nc2ccc(NC(=O)OC(C)(C)C)cc2s1. The van der Waals surface area contributed by atoms with Crippen LogP contribution in [0.5, 0.6) is 0 Å². The Balaban J connectivity index is 2.17. The van der Waals surface area contributed by atoms with E-state index in [1.165, 1.54) is 11.3 Å². The summed E-state index contributed by atoms with van der Waals surface area (Å²) in [4.78, 5) is 16.2. The van der Waals surface area contributed by atoms with Gasteiger partial charge in [-0.05, 0) is 51.1 Å². The molecule has 5 heteroatoms. The molecule has 0 spiro atoms. The van der Waals surface area contributed by atoms with E-state index in [4.69, 9.17) is 11.2 Å². The number of terminal acetylenes is 1. The minimum atomic E-state index is -0.522. The van der Waals surface area contributed by atoms with Gasteiger partial charge in [-0.3, -0.25) is 5.32 Å². The Labute approximate surface area is 127 Å². The Kier molecular flexibility index (Phi) is 4.29. The first-order valence-electron chi connectivity index (χ1n) is 6.41. The van der Waals surface area contributed by atoms with Crippen LogP contribution in [0.3, 0.4) is 0 Å². The predicted molar refractivity (Wildman–Crippen MR) is 87.3 cm³/mol. The van der Waals surface area contributed by atoms with Gasteiger partial charge in [0, 0.05) is 5.69 Å². The molecule has 0 radical (unpaired) electrons. The number of rotatable bonds is 2. The van der Waals surface area contributed by atoms with E-state index in [1.807, 2.05) is 32.9 Å². The number of hydrogen-bond acceptors (Lipinski definition) is 4. The molecule has 1 aromatic carbocycles. The van der Waals surface area contributed by atoms with Gasteiger partial charge >= 0.3 is 6.09 Å². The molecule has 1 aromatic heterocycles. The summed E-state index contributed by atoms with van der Waals surface area (Å²) in [6, 6.07) is 5.51. The van der Waals surface area contributed by atoms with Gasteiger partial charge in [0.25, 0.3) is 0 Å². The van der Waals surface area contributed by atoms with Crippen LogP contribution in [0, 0.1) is 12.3 Å². The van der Waals surface area contributed by atoms with Crippen LogP contribution in [0.2, 0.25) is 0 Å². The zero-order valence-electron chi connectivity index (χ0n) is 12.1. The second-order valence-corrected chi connectivity index (χ2v) is 6.42. The number of allylic oxidation sites excluding steroid dienone is 1. The van der Waals surface area contributed by atoms with Gasteiger partial charge in [-0.25, -0.2) is 9.78 Å². The number of carbonyl (C=O) groups is 1. The fraction of sp³-hybridized carbons (Fsp3) is 0.250. The lowest BCUT2D eigenvalue weighted by atomic mass is 10.2. The molecular formula is C16H16N2O2S. The molecule has 0 aliphatic rings. The highest BCUT2D eigenvalue weighted by molar-refractivity contribution is 7.19. The molecule has 0 unspecified atom stereocenters. The maximum absolute atomic E-state index is 11.7. The van der Waals surface area contributed by atoms with E-state index in [0.717, 1.165) is 15.2 Å². The molecule has 0 atom stereocenters. The number of hydrogen-bond donors (Lipinski definition) is 1. The lowest BCUT2D eigenvalue weighted by Gasteiger charge is -2.19. The molecule has 0 aliphatic heterocycles. The number of nitrogens with zero attached hydrogens (tertiary/aromatic N) is 1. The number of thiazole rings is 1. The summed E-state index contributed by atoms with van der Waals surface area (Å²) in [5.41, 5.74) is 1.02. The summed E-state index contributed by atoms with van der Waals surface area (Å²) in [6.45, 7) is 5.47. The fourth-order valence-electron chi connectivity index (χ4n) is 1.63. The number of anilines is 1. The number of ether oxygens (including phenoxy) is 1. The van der Waals surface area contributed by atoms with Crippen molar-refractivity contribution in [2.75, 3.05) is 5.32 Å². The summed E-state index contributed by atoms with van der Waals surface area (Å²) in [7, 11) is 0. The molecule has 0 bridgehead atoms. The Bertz CT molecular complexity index is 733. The van der Waals surface area contributed by atoms with Crippen molar-refractivity contribution in [3.05, 3.63) is 29.3 Å². The Morgan fingerprint density at radius 1 is 1.48 bits per heavy atom. The van der Waals surface area contributed by atoms with E-state index in [2.05, 4.69) is 16.2 Å². The number of carbonyl (C=O) groups excluding carboxylic acids is 1. The third-order valence-corrected chi connectivity index (χ3v) is 3.36. The molecule has 1 heterocycles. The van der Waals surface area contributed by atoms with Crippen LogP contribution in [-0.2, 0) is 4.74 Å². The van der Waals surface area contributed by atoms with E-state index < -0.39 is 11.7 Å². The zero-order valence-corrected chi connectivity index (χ0v) is 13.0. The number of amides is 1. The quantitative estimate of drug-likeness (QED) is 0.842. The van der Waals surface area contributed by atoms with Crippen LogP contribution in [0.25, 0.3) is 16.3 Å². The van der Waals surface area contributed by atoms with Crippen LogP contribution in [0.1, 0.15) is 25.8 Å². The molecule has 0 fully saturated rings. The van der Waals surface area contributed by atoms with Crippen molar-refractivity contribution in [3.63, 3.8) is 0 Å². The number of fused-ring (bicyclic) bond motifs is 1. The van der Waals surface area contributed by atoms with Crippen LogP contribution in [-0.4, -0.2) is 16.7 Å². The average molecular weight is 300 g/mol. The zero-order chi connectivity index (χ0) is 15.5. The number of aromatic nitrogens is 1. The third-order valence-electron chi connectivity index (χ3n) is 2.37. The maximum Gasteiger partial charge on any atom is 0.412 e. The van der Waals surface area contributed by atoms with E-state index in [0.29, 0.717) is 5.69 Å². The lowest BCUT2D eigenvalue weighted by Crippen LogP contribution is -2.27. The van der Waals surface area contributed by atoms with E-state index >= 15 is 0 Å². The molecule has 21 heavy (non-hydrogen) atoms. The normalized spacial score (nSPS) is 11.5. The maximum atomic E-state index is 11.7. The van der Waals surface area contributed by atoms with Crippen LogP contribution >= 0.6 is 11.3 Å². The topological polar surface area (TPSA) is 51.2 Å². The van der Waals surface area contributed by atoms with Crippen molar-refractivity contribution in [1.82, 2.24) is 4.98 Å². The smallest absolute Gasteiger partial charge is 0.412 e. The summed E-state index contributed by atoms with van der Waals surface area (Å²) >= 11 is 1.51. The van der Waals surface area contributed by atoms with Crippen molar-refractivity contribution in [1.29, 1.82) is 0 Å². The molecule has 2 rings (SSSR count). The highest BCUT2D eigenvalue weighted by Crippen LogP contribution is 2.26. The van der Waals surface area contributed by atoms with Gasteiger partial charge in [0.1, 0.15) is 10.6 Å². The summed E-state index contributed by atoms with van der Waals surface area (Å²) in [5.74, 6) is 2.43. The number of nitrogens with one attached hydrogen (secondary N) is 1. The first kappa shape index (κ1) is 15.1. The van der Waals surface area contributed by atoms with Gasteiger partial charge in [0.2, 0.25) is 0 Å². The molecule has 0 saturated heterocycles. The molecule has 4 nitrogen and oxygen atoms in total. The average Bonchev–Trinajstić information content (AvgIpc) is 2.75. The first-order chi connectivity index (χ1) is 9.87. The summed E-state index contributed by atoms with van der Waals surface area (Å²) < 4.78 is 6.19. The summed E-state index contributed by atoms with van der Waals surface area (Å²) in [5, 5.41) is 3.54. The molecule has 1 amide bonds. The second-order valence-electron chi connectivity index (χ2n) is 5.36. The molecule has 0 aliphatic carbocycles. The third kappa shape index (κ3) is 4.33. The molecule has 108 valence electrons. The molecule has 0 saturated carbocycles. The van der Waals surface area contributed by atoms with E-state index in [9.17, 15) is 4.79 Å². The van der Waals surface area contributed by atoms with Gasteiger partial charge in [-0.1, -0.05) is 5.92 Å². The van der Waals surface area contributed by atoms with Crippen LogP contribution < -0.4 is 5.32 Å². The summed E-state index contributed by atoms with van der Waals surface area (Å²) in [6.07, 6.45) is 8.10. The second kappa shape index (κ2) is 5.98. The van der Waals surface area contributed by atoms with Crippen LogP contribution in [0.4, 0.5) is 10.5 Å². The highest BCUT2D eigenvalue weighted by atomic mass is 32.1. The minimum Gasteiger partial charge on any atom is -0.444 e. The van der Waals surface area contributed by atoms with Crippen molar-refractivity contribution < 1.29 is 9.53 Å². The monoisotopic (exact) mass is 300 g/mol. The van der Waals surface area contributed by atoms with Crippen molar-refractivity contribution in [2.45, 2.75) is 26.4 Å². The Morgan fingerprint density at radius 3 is 2.90 bits per heavy atom. The van der Waals surface area contributed by atoms with Crippen molar-refractivity contribution in [2.24, 2.45) is 0 Å². The van der Waals surface area contributed by atoms with Gasteiger partial charge in [0.05, 0.1) is 10.2 Å². The molecule has 2 aromatic rings. The van der Waals surface area contributed by atoms with Gasteiger partial charge in [-0.15, -0.1) is 17.8 Å². The van der Waals surface area contributed by atoms with Crippen molar-refractivity contribution >= 4 is 39.4 Å². The van der Waals surface area contributed by atoms with Gasteiger partial charge in [-0.2, -0.15) is 0 Å². The first-order valence-corrected chi connectivity index (χ1v) is 7.22. The van der Waals surface area contributed by atoms with Crippen LogP contribution in [0.15, 0.2) is 24.3 Å². The number of benzene rings is 1. The Hall–Kier alpha value is -2.32. The van der Waals surface area contributed by atoms with E-state index in [1.54, 1.807) is 18.2 Å².